The van der Waals surface area contributed by atoms with Crippen LogP contribution < -0.4 is 11.1 Å². The maximum Gasteiger partial charge on any atom is 0.219 e. The summed E-state index contributed by atoms with van der Waals surface area (Å²) in [7, 11) is 0. The van der Waals surface area contributed by atoms with Gasteiger partial charge in [-0.05, 0) is 38.5 Å². The minimum Gasteiger partial charge on any atom is -0.381 e. The van der Waals surface area contributed by atoms with Crippen LogP contribution in [0.4, 0.5) is 0 Å². The molecule has 1 rings (SSSR count). The topological polar surface area (TPSA) is 64.4 Å². The van der Waals surface area contributed by atoms with Gasteiger partial charge in [-0.2, -0.15) is 0 Å². The van der Waals surface area contributed by atoms with Crippen molar-refractivity contribution in [2.24, 2.45) is 11.7 Å². The SMILES string of the molecule is CC(N)CCCC(=O)NCCC1CCOC1. The number of carbonyl (C=O) groups excluding carboxylic acids is 1. The first-order valence-electron chi connectivity index (χ1n) is 6.28. The van der Waals surface area contributed by atoms with Gasteiger partial charge in [-0.15, -0.1) is 0 Å². The van der Waals surface area contributed by atoms with Crippen molar-refractivity contribution in [3.63, 3.8) is 0 Å². The van der Waals surface area contributed by atoms with Crippen LogP contribution in [-0.2, 0) is 9.53 Å². The van der Waals surface area contributed by atoms with E-state index < -0.39 is 0 Å². The van der Waals surface area contributed by atoms with Crippen molar-refractivity contribution in [1.29, 1.82) is 0 Å². The monoisotopic (exact) mass is 228 g/mol. The fourth-order valence-electron chi connectivity index (χ4n) is 1.90. The molecule has 0 aromatic rings. The lowest BCUT2D eigenvalue weighted by Crippen LogP contribution is -2.26. The summed E-state index contributed by atoms with van der Waals surface area (Å²) in [6, 6.07) is 0.198. The molecular weight excluding hydrogens is 204 g/mol. The lowest BCUT2D eigenvalue weighted by Gasteiger charge is -2.09. The van der Waals surface area contributed by atoms with Gasteiger partial charge in [0.05, 0.1) is 0 Å². The van der Waals surface area contributed by atoms with Crippen LogP contribution >= 0.6 is 0 Å². The minimum absolute atomic E-state index is 0.152. The van der Waals surface area contributed by atoms with Crippen LogP contribution in [-0.4, -0.2) is 31.7 Å². The molecule has 0 aliphatic carbocycles. The first kappa shape index (κ1) is 13.5. The molecule has 16 heavy (non-hydrogen) atoms. The zero-order valence-corrected chi connectivity index (χ0v) is 10.2. The number of hydrogen-bond donors (Lipinski definition) is 2. The van der Waals surface area contributed by atoms with Crippen LogP contribution in [0, 0.1) is 5.92 Å². The van der Waals surface area contributed by atoms with E-state index >= 15 is 0 Å². The highest BCUT2D eigenvalue weighted by Crippen LogP contribution is 2.15. The van der Waals surface area contributed by atoms with Crippen molar-refractivity contribution < 1.29 is 9.53 Å². The third-order valence-corrected chi connectivity index (χ3v) is 2.96. The zero-order chi connectivity index (χ0) is 11.8. The van der Waals surface area contributed by atoms with Crippen molar-refractivity contribution in [3.05, 3.63) is 0 Å². The fraction of sp³-hybridized carbons (Fsp3) is 0.917. The van der Waals surface area contributed by atoms with Gasteiger partial charge in [0, 0.05) is 32.2 Å². The lowest BCUT2D eigenvalue weighted by molar-refractivity contribution is -0.121. The summed E-state index contributed by atoms with van der Waals surface area (Å²) in [5.41, 5.74) is 5.62. The second-order valence-electron chi connectivity index (χ2n) is 4.74. The molecule has 0 bridgehead atoms. The number of nitrogens with one attached hydrogen (secondary N) is 1. The summed E-state index contributed by atoms with van der Waals surface area (Å²) in [6.45, 7) is 4.50. The van der Waals surface area contributed by atoms with E-state index in [1.165, 1.54) is 0 Å². The molecule has 1 aliphatic heterocycles. The Morgan fingerprint density at radius 3 is 3.06 bits per heavy atom. The van der Waals surface area contributed by atoms with Crippen molar-refractivity contribution in [1.82, 2.24) is 5.32 Å². The largest absolute Gasteiger partial charge is 0.381 e. The maximum atomic E-state index is 11.4. The Labute approximate surface area is 97.9 Å². The Hall–Kier alpha value is -0.610. The molecule has 2 unspecified atom stereocenters. The first-order chi connectivity index (χ1) is 7.68. The number of carbonyl (C=O) groups is 1. The molecule has 2 atom stereocenters. The van der Waals surface area contributed by atoms with Crippen LogP contribution in [0.1, 0.15) is 39.0 Å². The normalized spacial score (nSPS) is 22.0. The number of rotatable bonds is 7. The van der Waals surface area contributed by atoms with Gasteiger partial charge >= 0.3 is 0 Å². The van der Waals surface area contributed by atoms with Crippen molar-refractivity contribution in [2.45, 2.75) is 45.1 Å². The summed E-state index contributed by atoms with van der Waals surface area (Å²) < 4.78 is 5.28. The van der Waals surface area contributed by atoms with E-state index in [1.54, 1.807) is 0 Å². The standard InChI is InChI=1S/C12H24N2O2/c1-10(13)3-2-4-12(15)14-7-5-11-6-8-16-9-11/h10-11H,2-9,13H2,1H3,(H,14,15). The predicted molar refractivity (Wildman–Crippen MR) is 64.1 cm³/mol. The molecule has 3 N–H and O–H groups in total. The van der Waals surface area contributed by atoms with Crippen LogP contribution in [0.5, 0.6) is 0 Å². The number of ether oxygens (including phenoxy) is 1. The molecule has 1 heterocycles. The third kappa shape index (κ3) is 6.08. The Bertz CT molecular complexity index is 201. The molecular formula is C12H24N2O2. The first-order valence-corrected chi connectivity index (χ1v) is 6.28. The molecule has 1 saturated heterocycles. The summed E-state index contributed by atoms with van der Waals surface area (Å²) in [5.74, 6) is 0.795. The number of nitrogens with two attached hydrogens (primary N) is 1. The predicted octanol–water partition coefficient (Wildman–Crippen LogP) is 1.05. The van der Waals surface area contributed by atoms with Gasteiger partial charge in [-0.1, -0.05) is 0 Å². The van der Waals surface area contributed by atoms with Gasteiger partial charge in [0.25, 0.3) is 0 Å². The van der Waals surface area contributed by atoms with Crippen molar-refractivity contribution in [3.8, 4) is 0 Å². The third-order valence-electron chi connectivity index (χ3n) is 2.96. The van der Waals surface area contributed by atoms with Gasteiger partial charge in [-0.25, -0.2) is 0 Å². The Balaban J connectivity index is 1.93. The highest BCUT2D eigenvalue weighted by atomic mass is 16.5. The molecule has 1 aliphatic rings. The Kier molecular flexibility index (Phi) is 6.42. The van der Waals surface area contributed by atoms with Gasteiger partial charge in [0.15, 0.2) is 0 Å². The number of hydrogen-bond acceptors (Lipinski definition) is 3. The van der Waals surface area contributed by atoms with Crippen molar-refractivity contribution >= 4 is 5.91 Å². The lowest BCUT2D eigenvalue weighted by atomic mass is 10.1. The van der Waals surface area contributed by atoms with Gasteiger partial charge in [0.2, 0.25) is 5.91 Å². The van der Waals surface area contributed by atoms with E-state index in [-0.39, 0.29) is 11.9 Å². The molecule has 1 amide bonds. The molecule has 0 spiro atoms. The second kappa shape index (κ2) is 7.63. The molecule has 94 valence electrons. The van der Waals surface area contributed by atoms with Gasteiger partial charge in [-0.3, -0.25) is 4.79 Å². The molecule has 0 radical (unpaired) electrons. The average molecular weight is 228 g/mol. The quantitative estimate of drug-likeness (QED) is 0.684. The van der Waals surface area contributed by atoms with Crippen LogP contribution in [0.25, 0.3) is 0 Å². The van der Waals surface area contributed by atoms with Crippen LogP contribution in [0.15, 0.2) is 0 Å². The summed E-state index contributed by atoms with van der Waals surface area (Å²) in [6.07, 6.45) is 4.59. The van der Waals surface area contributed by atoms with E-state index in [0.29, 0.717) is 12.3 Å². The Morgan fingerprint density at radius 2 is 2.44 bits per heavy atom. The summed E-state index contributed by atoms with van der Waals surface area (Å²) in [4.78, 5) is 11.4. The number of amides is 1. The summed E-state index contributed by atoms with van der Waals surface area (Å²) in [5, 5.41) is 2.95. The molecule has 4 heteroatoms. The average Bonchev–Trinajstić information content (AvgIpc) is 2.70. The Morgan fingerprint density at radius 1 is 1.62 bits per heavy atom. The fourth-order valence-corrected chi connectivity index (χ4v) is 1.90. The molecule has 1 fully saturated rings. The van der Waals surface area contributed by atoms with E-state index in [9.17, 15) is 4.79 Å². The molecule has 0 saturated carbocycles. The van der Waals surface area contributed by atoms with E-state index in [0.717, 1.165) is 45.4 Å². The van der Waals surface area contributed by atoms with Crippen molar-refractivity contribution in [2.75, 3.05) is 19.8 Å². The second-order valence-corrected chi connectivity index (χ2v) is 4.74. The molecule has 0 aromatic heterocycles. The van der Waals surface area contributed by atoms with E-state index in [2.05, 4.69) is 5.32 Å². The van der Waals surface area contributed by atoms with E-state index in [4.69, 9.17) is 10.5 Å². The molecule has 4 nitrogen and oxygen atoms in total. The van der Waals surface area contributed by atoms with Gasteiger partial charge < -0.3 is 15.8 Å². The van der Waals surface area contributed by atoms with Crippen LogP contribution in [0.3, 0.4) is 0 Å². The maximum absolute atomic E-state index is 11.4. The highest BCUT2D eigenvalue weighted by molar-refractivity contribution is 5.75. The molecule has 0 aromatic carbocycles. The highest BCUT2D eigenvalue weighted by Gasteiger charge is 2.15. The van der Waals surface area contributed by atoms with E-state index in [1.807, 2.05) is 6.92 Å². The van der Waals surface area contributed by atoms with Gasteiger partial charge in [0.1, 0.15) is 0 Å². The smallest absolute Gasteiger partial charge is 0.219 e. The summed E-state index contributed by atoms with van der Waals surface area (Å²) >= 11 is 0. The minimum atomic E-state index is 0.152. The zero-order valence-electron chi connectivity index (χ0n) is 10.2. The van der Waals surface area contributed by atoms with Crippen LogP contribution in [0.2, 0.25) is 0 Å².